The molecular weight excluding hydrogens is 359 g/mol. The van der Waals surface area contributed by atoms with Gasteiger partial charge in [0, 0.05) is 37.3 Å². The molecule has 5 nitrogen and oxygen atoms in total. The van der Waals surface area contributed by atoms with Gasteiger partial charge in [-0.05, 0) is 37.0 Å². The number of anilines is 1. The predicted octanol–water partition coefficient (Wildman–Crippen LogP) is 2.68. The van der Waals surface area contributed by atoms with E-state index in [2.05, 4.69) is 5.32 Å². The lowest BCUT2D eigenvalue weighted by Gasteiger charge is -2.30. The number of amides is 1. The summed E-state index contributed by atoms with van der Waals surface area (Å²) in [5, 5.41) is 2.67. The molecule has 2 unspecified atom stereocenters. The average molecular weight is 385 g/mol. The molecule has 1 saturated heterocycles. The van der Waals surface area contributed by atoms with Gasteiger partial charge in [0.05, 0.1) is 18.8 Å². The van der Waals surface area contributed by atoms with Crippen molar-refractivity contribution in [2.75, 3.05) is 31.2 Å². The first-order valence-electron chi connectivity index (χ1n) is 9.40. The van der Waals surface area contributed by atoms with Crippen molar-refractivity contribution in [3.63, 3.8) is 0 Å². The summed E-state index contributed by atoms with van der Waals surface area (Å²) in [6.07, 6.45) is -1.38. The highest BCUT2D eigenvalue weighted by molar-refractivity contribution is 5.78. The van der Waals surface area contributed by atoms with Crippen molar-refractivity contribution in [2.45, 2.75) is 44.4 Å². The van der Waals surface area contributed by atoms with Gasteiger partial charge in [0.15, 0.2) is 0 Å². The Kier molecular flexibility index (Phi) is 6.26. The monoisotopic (exact) mass is 385 g/mol. The number of morpholine rings is 1. The summed E-state index contributed by atoms with van der Waals surface area (Å²) < 4.78 is 45.9. The van der Waals surface area contributed by atoms with E-state index in [1.54, 1.807) is 6.07 Å². The number of nitrogens with two attached hydrogens (primary N) is 1. The summed E-state index contributed by atoms with van der Waals surface area (Å²) in [5.74, 6) is -0.425. The normalized spacial score (nSPS) is 23.9. The van der Waals surface area contributed by atoms with E-state index >= 15 is 0 Å². The minimum absolute atomic E-state index is 0.00644. The lowest BCUT2D eigenvalue weighted by Crippen LogP contribution is -2.38. The molecule has 1 saturated carbocycles. The summed E-state index contributed by atoms with van der Waals surface area (Å²) >= 11 is 0. The van der Waals surface area contributed by atoms with Crippen LogP contribution in [0.5, 0.6) is 0 Å². The largest absolute Gasteiger partial charge is 0.416 e. The molecule has 0 spiro atoms. The Morgan fingerprint density at radius 3 is 2.67 bits per heavy atom. The number of benzene rings is 1. The molecule has 1 amide bonds. The van der Waals surface area contributed by atoms with Crippen molar-refractivity contribution >= 4 is 11.6 Å². The molecular formula is C19H26F3N3O2. The third-order valence-corrected chi connectivity index (χ3v) is 5.31. The Hall–Kier alpha value is -1.80. The minimum Gasteiger partial charge on any atom is -0.378 e. The standard InChI is InChI=1S/C19H26F3N3O2/c20-19(21,22)17-11-16(25-6-8-27-9-7-25)5-4-14(17)12-24-18(26)13-2-1-3-15(23)10-13/h4-5,11,13,15H,1-3,6-10,12,23H2,(H,24,26). The van der Waals surface area contributed by atoms with Crippen molar-refractivity contribution in [3.05, 3.63) is 29.3 Å². The van der Waals surface area contributed by atoms with E-state index in [9.17, 15) is 18.0 Å². The van der Waals surface area contributed by atoms with Crippen LogP contribution in [0.25, 0.3) is 0 Å². The van der Waals surface area contributed by atoms with Gasteiger partial charge in [-0.25, -0.2) is 0 Å². The van der Waals surface area contributed by atoms with Crippen LogP contribution in [0.15, 0.2) is 18.2 Å². The number of carbonyl (C=O) groups excluding carboxylic acids is 1. The van der Waals surface area contributed by atoms with Crippen molar-refractivity contribution in [1.29, 1.82) is 0 Å². The fourth-order valence-corrected chi connectivity index (χ4v) is 3.79. The van der Waals surface area contributed by atoms with Gasteiger partial charge in [0.25, 0.3) is 0 Å². The van der Waals surface area contributed by atoms with Gasteiger partial charge in [0.1, 0.15) is 0 Å². The van der Waals surface area contributed by atoms with E-state index < -0.39 is 11.7 Å². The number of carbonyl (C=O) groups is 1. The molecule has 3 rings (SSSR count). The van der Waals surface area contributed by atoms with Crippen LogP contribution < -0.4 is 16.0 Å². The van der Waals surface area contributed by atoms with E-state index in [0.29, 0.717) is 38.4 Å². The average Bonchev–Trinajstić information content (AvgIpc) is 2.66. The number of hydrogen-bond acceptors (Lipinski definition) is 4. The summed E-state index contributed by atoms with van der Waals surface area (Å²) in [6, 6.07) is 4.30. The van der Waals surface area contributed by atoms with Crippen molar-refractivity contribution in [3.8, 4) is 0 Å². The zero-order valence-corrected chi connectivity index (χ0v) is 15.2. The molecule has 2 fully saturated rings. The molecule has 1 aromatic rings. The number of ether oxygens (including phenoxy) is 1. The predicted molar refractivity (Wildman–Crippen MR) is 96.3 cm³/mol. The van der Waals surface area contributed by atoms with Gasteiger partial charge < -0.3 is 20.7 Å². The minimum atomic E-state index is -4.48. The maximum atomic E-state index is 13.6. The Labute approximate surface area is 157 Å². The second kappa shape index (κ2) is 8.48. The zero-order valence-electron chi connectivity index (χ0n) is 15.2. The first kappa shape index (κ1) is 19.9. The second-order valence-corrected chi connectivity index (χ2v) is 7.28. The molecule has 0 radical (unpaired) electrons. The molecule has 1 heterocycles. The Balaban J connectivity index is 1.71. The van der Waals surface area contributed by atoms with Crippen LogP contribution in [0, 0.1) is 5.92 Å². The summed E-state index contributed by atoms with van der Waals surface area (Å²) in [6.45, 7) is 2.00. The van der Waals surface area contributed by atoms with Crippen LogP contribution in [0.1, 0.15) is 36.8 Å². The van der Waals surface area contributed by atoms with Crippen LogP contribution in [0.4, 0.5) is 18.9 Å². The number of halogens is 3. The van der Waals surface area contributed by atoms with Crippen molar-refractivity contribution in [2.24, 2.45) is 11.7 Å². The highest BCUT2D eigenvalue weighted by atomic mass is 19.4. The van der Waals surface area contributed by atoms with E-state index in [4.69, 9.17) is 10.5 Å². The van der Waals surface area contributed by atoms with Gasteiger partial charge in [-0.1, -0.05) is 12.5 Å². The van der Waals surface area contributed by atoms with Gasteiger partial charge in [-0.15, -0.1) is 0 Å². The van der Waals surface area contributed by atoms with Crippen molar-refractivity contribution < 1.29 is 22.7 Å². The fraction of sp³-hybridized carbons (Fsp3) is 0.632. The number of nitrogens with zero attached hydrogens (tertiary/aromatic N) is 1. The number of nitrogens with one attached hydrogen (secondary N) is 1. The summed E-state index contributed by atoms with van der Waals surface area (Å²) in [7, 11) is 0. The third-order valence-electron chi connectivity index (χ3n) is 5.31. The second-order valence-electron chi connectivity index (χ2n) is 7.28. The Morgan fingerprint density at radius 2 is 2.00 bits per heavy atom. The van der Waals surface area contributed by atoms with Crippen LogP contribution in [0.3, 0.4) is 0 Å². The van der Waals surface area contributed by atoms with E-state index in [1.165, 1.54) is 12.1 Å². The summed E-state index contributed by atoms with van der Waals surface area (Å²) in [4.78, 5) is 14.2. The van der Waals surface area contributed by atoms with E-state index in [1.807, 2.05) is 4.90 Å². The molecule has 0 bridgehead atoms. The highest BCUT2D eigenvalue weighted by Crippen LogP contribution is 2.35. The maximum Gasteiger partial charge on any atom is 0.416 e. The molecule has 2 atom stereocenters. The fourth-order valence-electron chi connectivity index (χ4n) is 3.79. The van der Waals surface area contributed by atoms with Gasteiger partial charge in [0.2, 0.25) is 5.91 Å². The topological polar surface area (TPSA) is 67.6 Å². The SMILES string of the molecule is NC1CCCC(C(=O)NCc2ccc(N3CCOCC3)cc2C(F)(F)F)C1. The Bertz CT molecular complexity index is 660. The number of hydrogen-bond donors (Lipinski definition) is 2. The highest BCUT2D eigenvalue weighted by Gasteiger charge is 2.34. The van der Waals surface area contributed by atoms with Crippen molar-refractivity contribution in [1.82, 2.24) is 5.32 Å². The number of alkyl halides is 3. The lowest BCUT2D eigenvalue weighted by molar-refractivity contribution is -0.138. The van der Waals surface area contributed by atoms with Crippen LogP contribution in [-0.4, -0.2) is 38.3 Å². The summed E-state index contributed by atoms with van der Waals surface area (Å²) in [5.41, 5.74) is 5.80. The third kappa shape index (κ3) is 5.13. The lowest BCUT2D eigenvalue weighted by atomic mass is 9.85. The molecule has 27 heavy (non-hydrogen) atoms. The van der Waals surface area contributed by atoms with Gasteiger partial charge >= 0.3 is 6.18 Å². The van der Waals surface area contributed by atoms with Crippen LogP contribution >= 0.6 is 0 Å². The molecule has 1 aromatic carbocycles. The molecule has 2 aliphatic rings. The molecule has 1 aliphatic heterocycles. The first-order valence-corrected chi connectivity index (χ1v) is 9.40. The smallest absolute Gasteiger partial charge is 0.378 e. The van der Waals surface area contributed by atoms with E-state index in [-0.39, 0.29) is 30.0 Å². The Morgan fingerprint density at radius 1 is 1.26 bits per heavy atom. The quantitative estimate of drug-likeness (QED) is 0.836. The van der Waals surface area contributed by atoms with Crippen LogP contribution in [0.2, 0.25) is 0 Å². The molecule has 3 N–H and O–H groups in total. The zero-order chi connectivity index (χ0) is 19.4. The molecule has 1 aliphatic carbocycles. The maximum absolute atomic E-state index is 13.6. The molecule has 0 aromatic heterocycles. The number of rotatable bonds is 4. The van der Waals surface area contributed by atoms with Gasteiger partial charge in [-0.3, -0.25) is 4.79 Å². The first-order chi connectivity index (χ1) is 12.8. The van der Waals surface area contributed by atoms with Crippen LogP contribution in [-0.2, 0) is 22.3 Å². The van der Waals surface area contributed by atoms with E-state index in [0.717, 1.165) is 19.3 Å². The van der Waals surface area contributed by atoms with Gasteiger partial charge in [-0.2, -0.15) is 13.2 Å². The molecule has 150 valence electrons. The molecule has 8 heteroatoms.